The van der Waals surface area contributed by atoms with E-state index in [9.17, 15) is 9.18 Å². The number of carbonyl (C=O) groups is 1. The number of nitrogens with two attached hydrogens (primary N) is 2. The first-order chi connectivity index (χ1) is 8.40. The normalized spacial score (nSPS) is 21.5. The lowest BCUT2D eigenvalue weighted by Gasteiger charge is -2.04. The fraction of sp³-hybridized carbons (Fsp3) is 0.273. The minimum absolute atomic E-state index is 0.0191. The van der Waals surface area contributed by atoms with E-state index in [2.05, 4.69) is 4.99 Å². The van der Waals surface area contributed by atoms with Crippen LogP contribution in [0.25, 0.3) is 0 Å². The number of guanidine groups is 1. The number of nitrogens with zero attached hydrogens (tertiary/aromatic N) is 1. The monoisotopic (exact) mass is 289 g/mol. The van der Waals surface area contributed by atoms with E-state index in [1.807, 2.05) is 0 Å². The van der Waals surface area contributed by atoms with Gasteiger partial charge in [-0.15, -0.1) is 0 Å². The van der Waals surface area contributed by atoms with Crippen LogP contribution >= 0.6 is 23.2 Å². The van der Waals surface area contributed by atoms with Crippen LogP contribution in [-0.4, -0.2) is 11.9 Å². The summed E-state index contributed by atoms with van der Waals surface area (Å²) in [5.74, 6) is -1.67. The first kappa shape index (κ1) is 13.1. The van der Waals surface area contributed by atoms with E-state index in [1.165, 1.54) is 6.07 Å². The number of amides is 1. The van der Waals surface area contributed by atoms with E-state index >= 15 is 0 Å². The number of rotatable bonds is 2. The highest BCUT2D eigenvalue weighted by Gasteiger charge is 2.45. The minimum Gasteiger partial charge on any atom is -0.370 e. The van der Waals surface area contributed by atoms with E-state index in [1.54, 1.807) is 0 Å². The first-order valence-electron chi connectivity index (χ1n) is 5.18. The second-order valence-corrected chi connectivity index (χ2v) is 4.93. The van der Waals surface area contributed by atoms with Gasteiger partial charge in [0, 0.05) is 10.9 Å². The third kappa shape index (κ3) is 2.57. The molecule has 0 radical (unpaired) electrons. The van der Waals surface area contributed by atoms with Crippen LogP contribution in [0.4, 0.5) is 4.39 Å². The quantitative estimate of drug-likeness (QED) is 0.497. The predicted molar refractivity (Wildman–Crippen MR) is 68.1 cm³/mol. The van der Waals surface area contributed by atoms with Gasteiger partial charge in [-0.25, -0.2) is 4.39 Å². The molecule has 0 aliphatic heterocycles. The maximum Gasteiger partial charge on any atom is 0.252 e. The Hall–Kier alpha value is -1.33. The smallest absolute Gasteiger partial charge is 0.252 e. The van der Waals surface area contributed by atoms with E-state index in [0.29, 0.717) is 12.0 Å². The molecule has 1 aromatic rings. The van der Waals surface area contributed by atoms with Gasteiger partial charge in [-0.3, -0.25) is 4.79 Å². The van der Waals surface area contributed by atoms with Gasteiger partial charge in [0.2, 0.25) is 0 Å². The van der Waals surface area contributed by atoms with Crippen molar-refractivity contribution in [3.63, 3.8) is 0 Å². The summed E-state index contributed by atoms with van der Waals surface area (Å²) in [6.45, 7) is 0. The Morgan fingerprint density at radius 1 is 1.33 bits per heavy atom. The zero-order chi connectivity index (χ0) is 13.4. The van der Waals surface area contributed by atoms with Crippen LogP contribution in [0.5, 0.6) is 0 Å². The zero-order valence-electron chi connectivity index (χ0n) is 9.16. The number of hydrogen-bond donors (Lipinski definition) is 2. The summed E-state index contributed by atoms with van der Waals surface area (Å²) in [6.07, 6.45) is 0.581. The van der Waals surface area contributed by atoms with Crippen molar-refractivity contribution >= 4 is 35.1 Å². The summed E-state index contributed by atoms with van der Waals surface area (Å²) in [7, 11) is 0. The number of carbonyl (C=O) groups excluding carboxylic acids is 1. The Labute approximate surface area is 113 Å². The van der Waals surface area contributed by atoms with Crippen molar-refractivity contribution in [3.05, 3.63) is 33.6 Å². The Bertz CT molecular complexity index is 543. The molecule has 18 heavy (non-hydrogen) atoms. The van der Waals surface area contributed by atoms with Gasteiger partial charge in [0.15, 0.2) is 5.96 Å². The molecule has 0 aromatic heterocycles. The van der Waals surface area contributed by atoms with Crippen molar-refractivity contribution in [2.75, 3.05) is 0 Å². The molecule has 1 saturated carbocycles. The van der Waals surface area contributed by atoms with Gasteiger partial charge in [-0.05, 0) is 30.0 Å². The predicted octanol–water partition coefficient (Wildman–Crippen LogP) is 2.04. The van der Waals surface area contributed by atoms with E-state index < -0.39 is 11.7 Å². The molecule has 4 nitrogen and oxygen atoms in total. The third-order valence-corrected chi connectivity index (χ3v) is 3.40. The maximum atomic E-state index is 13.1. The molecule has 2 atom stereocenters. The van der Waals surface area contributed by atoms with Crippen molar-refractivity contribution in [2.45, 2.75) is 12.3 Å². The van der Waals surface area contributed by atoms with Crippen molar-refractivity contribution < 1.29 is 9.18 Å². The molecule has 96 valence electrons. The first-order valence-corrected chi connectivity index (χ1v) is 5.93. The molecule has 1 amide bonds. The molecule has 1 aromatic carbocycles. The van der Waals surface area contributed by atoms with Crippen molar-refractivity contribution in [1.29, 1.82) is 0 Å². The number of hydrogen-bond acceptors (Lipinski definition) is 1. The second kappa shape index (κ2) is 4.74. The highest BCUT2D eigenvalue weighted by Crippen LogP contribution is 2.51. The van der Waals surface area contributed by atoms with Gasteiger partial charge in [0.25, 0.3) is 5.91 Å². The van der Waals surface area contributed by atoms with Crippen LogP contribution < -0.4 is 11.5 Å². The van der Waals surface area contributed by atoms with E-state index in [-0.39, 0.29) is 27.8 Å². The molecule has 4 N–H and O–H groups in total. The van der Waals surface area contributed by atoms with E-state index in [0.717, 1.165) is 6.07 Å². The average Bonchev–Trinajstić information content (AvgIpc) is 3.02. The summed E-state index contributed by atoms with van der Waals surface area (Å²) in [5.41, 5.74) is 10.9. The molecule has 0 bridgehead atoms. The van der Waals surface area contributed by atoms with Crippen LogP contribution in [0.15, 0.2) is 17.1 Å². The van der Waals surface area contributed by atoms with Crippen molar-refractivity contribution in [2.24, 2.45) is 22.4 Å². The average molecular weight is 290 g/mol. The SMILES string of the molecule is NC(N)=NC(=O)C1CC1c1cc(Cl)c(F)cc1Cl. The molecular weight excluding hydrogens is 280 g/mol. The van der Waals surface area contributed by atoms with Gasteiger partial charge >= 0.3 is 0 Å². The molecular formula is C11H10Cl2FN3O. The summed E-state index contributed by atoms with van der Waals surface area (Å²) in [4.78, 5) is 15.0. The summed E-state index contributed by atoms with van der Waals surface area (Å²) >= 11 is 11.6. The topological polar surface area (TPSA) is 81.5 Å². The summed E-state index contributed by atoms with van der Waals surface area (Å²) in [6, 6.07) is 2.58. The van der Waals surface area contributed by atoms with Crippen molar-refractivity contribution in [3.8, 4) is 0 Å². The van der Waals surface area contributed by atoms with Crippen LogP contribution in [0.3, 0.4) is 0 Å². The van der Waals surface area contributed by atoms with Crippen LogP contribution in [0.1, 0.15) is 17.9 Å². The van der Waals surface area contributed by atoms with Gasteiger partial charge in [0.05, 0.1) is 5.02 Å². The third-order valence-electron chi connectivity index (χ3n) is 2.79. The number of benzene rings is 1. The lowest BCUT2D eigenvalue weighted by atomic mass is 10.1. The zero-order valence-corrected chi connectivity index (χ0v) is 10.7. The highest BCUT2D eigenvalue weighted by molar-refractivity contribution is 6.33. The molecule has 2 unspecified atom stereocenters. The number of halogens is 3. The van der Waals surface area contributed by atoms with Crippen LogP contribution in [0.2, 0.25) is 10.0 Å². The summed E-state index contributed by atoms with van der Waals surface area (Å²) < 4.78 is 13.1. The highest BCUT2D eigenvalue weighted by atomic mass is 35.5. The molecule has 2 rings (SSSR count). The molecule has 1 fully saturated rings. The number of aliphatic imine (C=N–C) groups is 1. The Morgan fingerprint density at radius 2 is 2.00 bits per heavy atom. The molecule has 7 heteroatoms. The van der Waals surface area contributed by atoms with E-state index in [4.69, 9.17) is 34.7 Å². The lowest BCUT2D eigenvalue weighted by molar-refractivity contribution is -0.119. The molecule has 1 aliphatic rings. The Morgan fingerprint density at radius 3 is 2.61 bits per heavy atom. The Balaban J connectivity index is 2.19. The van der Waals surface area contributed by atoms with Crippen LogP contribution in [0, 0.1) is 11.7 Å². The minimum atomic E-state index is -0.585. The van der Waals surface area contributed by atoms with Gasteiger partial charge in [0.1, 0.15) is 5.82 Å². The van der Waals surface area contributed by atoms with Crippen LogP contribution in [-0.2, 0) is 4.79 Å². The Kier molecular flexibility index (Phi) is 3.45. The fourth-order valence-electron chi connectivity index (χ4n) is 1.84. The fourth-order valence-corrected chi connectivity index (χ4v) is 2.31. The molecule has 1 aliphatic carbocycles. The summed E-state index contributed by atoms with van der Waals surface area (Å²) in [5, 5.41) is 0.233. The van der Waals surface area contributed by atoms with Crippen molar-refractivity contribution in [1.82, 2.24) is 0 Å². The molecule has 0 spiro atoms. The second-order valence-electron chi connectivity index (χ2n) is 4.11. The molecule has 0 heterocycles. The van der Waals surface area contributed by atoms with Gasteiger partial charge < -0.3 is 11.5 Å². The van der Waals surface area contributed by atoms with Gasteiger partial charge in [-0.2, -0.15) is 4.99 Å². The van der Waals surface area contributed by atoms with Gasteiger partial charge in [-0.1, -0.05) is 23.2 Å². The maximum absolute atomic E-state index is 13.1. The largest absolute Gasteiger partial charge is 0.370 e. The molecule has 0 saturated heterocycles. The lowest BCUT2D eigenvalue weighted by Crippen LogP contribution is -2.24. The standard InChI is InChI=1S/C11H10Cl2FN3O/c12-7-3-9(14)8(13)2-5(7)4-1-6(4)10(18)17-11(15)16/h2-4,6H,1H2,(H4,15,16,17,18).